The number of hydrogen-bond acceptors (Lipinski definition) is 2. The van der Waals surface area contributed by atoms with E-state index in [2.05, 4.69) is 5.32 Å². The summed E-state index contributed by atoms with van der Waals surface area (Å²) < 4.78 is 39.3. The zero-order chi connectivity index (χ0) is 14.9. The van der Waals surface area contributed by atoms with E-state index in [0.717, 1.165) is 28.1 Å². The first-order chi connectivity index (χ1) is 9.41. The Kier molecular flexibility index (Phi) is 4.13. The number of rotatable bonds is 3. The molecule has 0 aliphatic carbocycles. The number of benzene rings is 1. The predicted octanol–water partition coefficient (Wildman–Crippen LogP) is 3.71. The third kappa shape index (κ3) is 2.70. The quantitative estimate of drug-likeness (QED) is 0.860. The first kappa shape index (κ1) is 14.6. The highest BCUT2D eigenvalue weighted by atomic mass is 32.1. The van der Waals surface area contributed by atoms with Crippen LogP contribution in [0.15, 0.2) is 17.5 Å². The van der Waals surface area contributed by atoms with Crippen LogP contribution in [0, 0.1) is 31.3 Å². The Hall–Kier alpha value is -1.82. The highest BCUT2D eigenvalue weighted by molar-refractivity contribution is 7.10. The minimum absolute atomic E-state index is 0.216. The molecule has 1 amide bonds. The molecule has 0 radical (unpaired) electrons. The Morgan fingerprint density at radius 1 is 1.20 bits per heavy atom. The van der Waals surface area contributed by atoms with Crippen LogP contribution in [0.25, 0.3) is 0 Å². The van der Waals surface area contributed by atoms with Gasteiger partial charge in [-0.15, -0.1) is 11.3 Å². The van der Waals surface area contributed by atoms with Crippen molar-refractivity contribution < 1.29 is 18.0 Å². The van der Waals surface area contributed by atoms with Crippen molar-refractivity contribution in [1.82, 2.24) is 5.32 Å². The van der Waals surface area contributed by atoms with E-state index in [1.807, 2.05) is 19.2 Å². The van der Waals surface area contributed by atoms with Crippen LogP contribution in [0.3, 0.4) is 0 Å². The lowest BCUT2D eigenvalue weighted by Crippen LogP contribution is -2.24. The summed E-state index contributed by atoms with van der Waals surface area (Å²) in [5.41, 5.74) is 1.47. The second-order valence-corrected chi connectivity index (χ2v) is 5.43. The number of aryl methyl sites for hydroxylation is 1. The summed E-state index contributed by atoms with van der Waals surface area (Å²) >= 11 is 1.55. The maximum absolute atomic E-state index is 13.4. The number of thiophene rings is 1. The van der Waals surface area contributed by atoms with Gasteiger partial charge < -0.3 is 5.32 Å². The van der Waals surface area contributed by atoms with E-state index in [1.165, 1.54) is 0 Å². The van der Waals surface area contributed by atoms with Gasteiger partial charge in [-0.1, -0.05) is 0 Å². The zero-order valence-corrected chi connectivity index (χ0v) is 11.7. The number of carbonyl (C=O) groups excluding carboxylic acids is 1. The Morgan fingerprint density at radius 3 is 2.50 bits per heavy atom. The van der Waals surface area contributed by atoms with Crippen molar-refractivity contribution in [3.63, 3.8) is 0 Å². The van der Waals surface area contributed by atoms with Crippen molar-refractivity contribution >= 4 is 17.2 Å². The molecule has 106 valence electrons. The van der Waals surface area contributed by atoms with E-state index in [4.69, 9.17) is 0 Å². The first-order valence-electron chi connectivity index (χ1n) is 5.87. The Balaban J connectivity index is 2.13. The van der Waals surface area contributed by atoms with E-state index in [0.29, 0.717) is 0 Å². The summed E-state index contributed by atoms with van der Waals surface area (Å²) in [7, 11) is 0. The van der Waals surface area contributed by atoms with Crippen LogP contribution in [-0.2, 0) is 6.54 Å². The van der Waals surface area contributed by atoms with E-state index >= 15 is 0 Å². The molecule has 0 spiro atoms. The molecular weight excluding hydrogens is 287 g/mol. The van der Waals surface area contributed by atoms with Crippen LogP contribution in [-0.4, -0.2) is 5.91 Å². The van der Waals surface area contributed by atoms with Gasteiger partial charge in [0.1, 0.15) is 0 Å². The molecule has 1 heterocycles. The van der Waals surface area contributed by atoms with Gasteiger partial charge in [0, 0.05) is 11.4 Å². The normalized spacial score (nSPS) is 10.7. The summed E-state index contributed by atoms with van der Waals surface area (Å²) in [5.74, 6) is -5.20. The van der Waals surface area contributed by atoms with Gasteiger partial charge in [0.25, 0.3) is 5.91 Å². The Morgan fingerprint density at radius 2 is 1.90 bits per heavy atom. The van der Waals surface area contributed by atoms with Gasteiger partial charge in [-0.05, 0) is 42.5 Å². The lowest BCUT2D eigenvalue weighted by atomic mass is 10.1. The minimum Gasteiger partial charge on any atom is -0.348 e. The van der Waals surface area contributed by atoms with Gasteiger partial charge in [-0.25, -0.2) is 13.2 Å². The van der Waals surface area contributed by atoms with Gasteiger partial charge in [-0.2, -0.15) is 0 Å². The van der Waals surface area contributed by atoms with Crippen LogP contribution in [0.2, 0.25) is 0 Å². The van der Waals surface area contributed by atoms with Gasteiger partial charge in [-0.3, -0.25) is 4.79 Å². The molecular formula is C14H12F3NOS. The van der Waals surface area contributed by atoms with Crippen LogP contribution in [0.5, 0.6) is 0 Å². The second-order valence-electron chi connectivity index (χ2n) is 4.35. The molecule has 0 fully saturated rings. The molecule has 1 aromatic heterocycles. The molecule has 0 aliphatic rings. The molecule has 1 N–H and O–H groups in total. The summed E-state index contributed by atoms with van der Waals surface area (Å²) in [6.07, 6.45) is 0. The molecule has 0 unspecified atom stereocenters. The topological polar surface area (TPSA) is 29.1 Å². The third-order valence-electron chi connectivity index (χ3n) is 3.11. The lowest BCUT2D eigenvalue weighted by molar-refractivity contribution is 0.0945. The lowest BCUT2D eigenvalue weighted by Gasteiger charge is -2.07. The highest BCUT2D eigenvalue weighted by Crippen LogP contribution is 2.20. The summed E-state index contributed by atoms with van der Waals surface area (Å²) in [4.78, 5) is 12.9. The number of halogens is 3. The standard InChI is InChI=1S/C14H12F3NOS/c1-7-8(2)20-6-9(7)5-18-14(19)10-3-4-11(15)13(17)12(10)16/h3-4,6H,5H2,1-2H3,(H,18,19). The van der Waals surface area contributed by atoms with Gasteiger partial charge in [0.2, 0.25) is 0 Å². The van der Waals surface area contributed by atoms with Crippen molar-refractivity contribution in [2.45, 2.75) is 20.4 Å². The van der Waals surface area contributed by atoms with Crippen molar-refractivity contribution in [2.75, 3.05) is 0 Å². The average molecular weight is 299 g/mol. The monoisotopic (exact) mass is 299 g/mol. The second kappa shape index (κ2) is 5.66. The fourth-order valence-corrected chi connectivity index (χ4v) is 2.60. The summed E-state index contributed by atoms with van der Waals surface area (Å²) in [6, 6.07) is 1.65. The predicted molar refractivity (Wildman–Crippen MR) is 71.3 cm³/mol. The summed E-state index contributed by atoms with van der Waals surface area (Å²) in [6.45, 7) is 4.10. The van der Waals surface area contributed by atoms with Crippen LogP contribution in [0.1, 0.15) is 26.4 Å². The van der Waals surface area contributed by atoms with Crippen LogP contribution in [0.4, 0.5) is 13.2 Å². The fourth-order valence-electron chi connectivity index (χ4n) is 1.71. The molecule has 0 atom stereocenters. The van der Waals surface area contributed by atoms with Crippen molar-refractivity contribution in [3.8, 4) is 0 Å². The molecule has 2 rings (SSSR count). The molecule has 6 heteroatoms. The summed E-state index contributed by atoms with van der Waals surface area (Å²) in [5, 5.41) is 4.39. The van der Waals surface area contributed by atoms with Gasteiger partial charge in [0.15, 0.2) is 17.5 Å². The van der Waals surface area contributed by atoms with E-state index < -0.39 is 28.9 Å². The molecule has 20 heavy (non-hydrogen) atoms. The Labute approximate surface area is 118 Å². The molecule has 2 aromatic rings. The van der Waals surface area contributed by atoms with E-state index in [1.54, 1.807) is 11.3 Å². The van der Waals surface area contributed by atoms with Crippen LogP contribution < -0.4 is 5.32 Å². The number of amides is 1. The molecule has 0 saturated heterocycles. The molecule has 0 bridgehead atoms. The van der Waals surface area contributed by atoms with Crippen LogP contribution >= 0.6 is 11.3 Å². The van der Waals surface area contributed by atoms with Gasteiger partial charge in [0.05, 0.1) is 5.56 Å². The molecule has 0 aliphatic heterocycles. The van der Waals surface area contributed by atoms with E-state index in [9.17, 15) is 18.0 Å². The smallest absolute Gasteiger partial charge is 0.254 e. The SMILES string of the molecule is Cc1scc(CNC(=O)c2ccc(F)c(F)c2F)c1C. The van der Waals surface area contributed by atoms with E-state index in [-0.39, 0.29) is 6.54 Å². The largest absolute Gasteiger partial charge is 0.348 e. The van der Waals surface area contributed by atoms with Gasteiger partial charge >= 0.3 is 0 Å². The van der Waals surface area contributed by atoms with Crippen molar-refractivity contribution in [1.29, 1.82) is 0 Å². The average Bonchev–Trinajstić information content (AvgIpc) is 2.74. The first-order valence-corrected chi connectivity index (χ1v) is 6.75. The number of carbonyl (C=O) groups is 1. The number of hydrogen-bond donors (Lipinski definition) is 1. The molecule has 2 nitrogen and oxygen atoms in total. The zero-order valence-electron chi connectivity index (χ0n) is 10.9. The maximum Gasteiger partial charge on any atom is 0.254 e. The third-order valence-corrected chi connectivity index (χ3v) is 4.17. The van der Waals surface area contributed by atoms with Crippen molar-refractivity contribution in [2.24, 2.45) is 0 Å². The highest BCUT2D eigenvalue weighted by Gasteiger charge is 2.18. The minimum atomic E-state index is -1.64. The molecule has 1 aromatic carbocycles. The number of nitrogens with one attached hydrogen (secondary N) is 1. The van der Waals surface area contributed by atoms with Crippen molar-refractivity contribution in [3.05, 3.63) is 56.5 Å². The fraction of sp³-hybridized carbons (Fsp3) is 0.214. The Bertz CT molecular complexity index is 667. The maximum atomic E-state index is 13.4. The molecule has 0 saturated carbocycles.